The van der Waals surface area contributed by atoms with Crippen LogP contribution in [0.1, 0.15) is 7.43 Å². The summed E-state index contributed by atoms with van der Waals surface area (Å²) in [5, 5.41) is 13.8. The van der Waals surface area contributed by atoms with Crippen molar-refractivity contribution in [1.29, 1.82) is 0 Å². The van der Waals surface area contributed by atoms with Crippen molar-refractivity contribution in [2.75, 3.05) is 0 Å². The first-order chi connectivity index (χ1) is 2.83. The molecule has 0 aromatic heterocycles. The van der Waals surface area contributed by atoms with E-state index in [4.69, 9.17) is 19.8 Å². The van der Waals surface area contributed by atoms with E-state index < -0.39 is 0 Å². The predicted octanol–water partition coefficient (Wildman–Crippen LogP) is 0.0377. The molecule has 0 aromatic carbocycles. The average molecular weight is 108 g/mol. The van der Waals surface area contributed by atoms with Crippen LogP contribution in [0.5, 0.6) is 0 Å². The molecular formula is C3H8O4. The molecule has 7 heavy (non-hydrogen) atoms. The van der Waals surface area contributed by atoms with E-state index in [1.165, 1.54) is 0 Å². The number of hydrogen-bond donors (Lipinski definition) is 2. The molecule has 0 saturated heterocycles. The van der Waals surface area contributed by atoms with E-state index in [9.17, 15) is 0 Å². The Labute approximate surface area is 41.4 Å². The molecule has 0 radical (unpaired) electrons. The molecular weight excluding hydrogens is 100 g/mol. The van der Waals surface area contributed by atoms with Gasteiger partial charge in [0.25, 0.3) is 12.9 Å². The molecule has 0 unspecified atom stereocenters. The van der Waals surface area contributed by atoms with Crippen molar-refractivity contribution in [1.82, 2.24) is 0 Å². The summed E-state index contributed by atoms with van der Waals surface area (Å²) >= 11 is 0. The fraction of sp³-hybridized carbons (Fsp3) is 0.333. The van der Waals surface area contributed by atoms with E-state index in [2.05, 4.69) is 0 Å². The lowest BCUT2D eigenvalue weighted by molar-refractivity contribution is -0.123. The number of carboxylic acid groups (broad SMARTS) is 2. The molecule has 0 aliphatic carbocycles. The van der Waals surface area contributed by atoms with E-state index in [0.29, 0.717) is 0 Å². The Morgan fingerprint density at radius 3 is 1.00 bits per heavy atom. The highest BCUT2D eigenvalue weighted by Gasteiger charge is 1.22. The zero-order chi connectivity index (χ0) is 5.41. The minimum atomic E-state index is -0.250. The van der Waals surface area contributed by atoms with Crippen LogP contribution in [0.15, 0.2) is 0 Å². The Bertz CT molecular complexity index is 27.9. The number of rotatable bonds is 0. The first-order valence-corrected chi connectivity index (χ1v) is 0.988. The zero-order valence-corrected chi connectivity index (χ0v) is 2.87. The van der Waals surface area contributed by atoms with Crippen molar-refractivity contribution < 1.29 is 19.8 Å². The highest BCUT2D eigenvalue weighted by molar-refractivity contribution is 5.32. The Kier molecular flexibility index (Phi) is 208. The summed E-state index contributed by atoms with van der Waals surface area (Å²) in [7, 11) is 0. The first-order valence-electron chi connectivity index (χ1n) is 0.988. The van der Waals surface area contributed by atoms with Crippen molar-refractivity contribution in [3.05, 3.63) is 0 Å². The summed E-state index contributed by atoms with van der Waals surface area (Å²) in [6.45, 7) is -0.500. The lowest BCUT2D eigenvalue weighted by Gasteiger charge is -1.34. The van der Waals surface area contributed by atoms with Gasteiger partial charge >= 0.3 is 0 Å². The third-order valence-electron chi connectivity index (χ3n) is 0. The van der Waals surface area contributed by atoms with Crippen molar-refractivity contribution in [2.24, 2.45) is 0 Å². The van der Waals surface area contributed by atoms with Gasteiger partial charge < -0.3 is 10.2 Å². The minimum Gasteiger partial charge on any atom is -0.483 e. The van der Waals surface area contributed by atoms with Crippen molar-refractivity contribution in [2.45, 2.75) is 7.43 Å². The molecule has 0 atom stereocenters. The molecule has 0 aliphatic heterocycles. The molecule has 0 heterocycles. The molecule has 0 fully saturated rings. The molecule has 4 heteroatoms. The summed E-state index contributed by atoms with van der Waals surface area (Å²) in [6, 6.07) is 0. The second kappa shape index (κ2) is 86.8. The summed E-state index contributed by atoms with van der Waals surface area (Å²) in [5.74, 6) is 0. The van der Waals surface area contributed by atoms with E-state index >= 15 is 0 Å². The van der Waals surface area contributed by atoms with Gasteiger partial charge in [0.15, 0.2) is 0 Å². The van der Waals surface area contributed by atoms with Gasteiger partial charge in [-0.1, -0.05) is 7.43 Å². The first kappa shape index (κ1) is 16.8. The maximum absolute atomic E-state index is 8.36. The molecule has 0 saturated carbocycles. The van der Waals surface area contributed by atoms with Crippen LogP contribution in [0.3, 0.4) is 0 Å². The maximum atomic E-state index is 8.36. The van der Waals surface area contributed by atoms with Crippen LogP contribution in [-0.2, 0) is 9.59 Å². The minimum absolute atomic E-state index is 0. The Morgan fingerprint density at radius 1 is 1.00 bits per heavy atom. The van der Waals surface area contributed by atoms with Gasteiger partial charge in [0.2, 0.25) is 0 Å². The smallest absolute Gasteiger partial charge is 0.290 e. The molecule has 2 N–H and O–H groups in total. The largest absolute Gasteiger partial charge is 0.483 e. The highest BCUT2D eigenvalue weighted by Crippen LogP contribution is 0.969. The van der Waals surface area contributed by atoms with Gasteiger partial charge in [0.05, 0.1) is 0 Å². The molecule has 0 bridgehead atoms. The Hall–Kier alpha value is -1.06. The van der Waals surface area contributed by atoms with Crippen molar-refractivity contribution in [3.63, 3.8) is 0 Å². The van der Waals surface area contributed by atoms with E-state index in [1.54, 1.807) is 0 Å². The quantitative estimate of drug-likeness (QED) is 0.429. The topological polar surface area (TPSA) is 74.6 Å². The SMILES string of the molecule is C.O=CO.O=CO. The van der Waals surface area contributed by atoms with Gasteiger partial charge in [-0.25, -0.2) is 0 Å². The van der Waals surface area contributed by atoms with Gasteiger partial charge in [-0.2, -0.15) is 0 Å². The molecule has 0 spiro atoms. The van der Waals surface area contributed by atoms with Crippen LogP contribution in [0.25, 0.3) is 0 Å². The lowest BCUT2D eigenvalue weighted by atomic mass is 11.7. The molecule has 44 valence electrons. The average Bonchev–Trinajstić information content (AvgIpc) is 1.39. The predicted molar refractivity (Wildman–Crippen MR) is 24.1 cm³/mol. The molecule has 4 nitrogen and oxygen atoms in total. The highest BCUT2D eigenvalue weighted by atomic mass is 16.3. The second-order valence-corrected chi connectivity index (χ2v) is 0.211. The van der Waals surface area contributed by atoms with Crippen LogP contribution in [0, 0.1) is 0 Å². The van der Waals surface area contributed by atoms with E-state index in [-0.39, 0.29) is 20.4 Å². The molecule has 0 aliphatic rings. The fourth-order valence-electron chi connectivity index (χ4n) is 0. The van der Waals surface area contributed by atoms with Crippen LogP contribution >= 0.6 is 0 Å². The van der Waals surface area contributed by atoms with Gasteiger partial charge in [0, 0.05) is 0 Å². The monoisotopic (exact) mass is 108 g/mol. The summed E-state index contributed by atoms with van der Waals surface area (Å²) in [6.07, 6.45) is 0. The van der Waals surface area contributed by atoms with Gasteiger partial charge in [0.1, 0.15) is 0 Å². The normalized spacial score (nSPS) is 3.43. The lowest BCUT2D eigenvalue weighted by Crippen LogP contribution is -1.49. The summed E-state index contributed by atoms with van der Waals surface area (Å²) < 4.78 is 0. The summed E-state index contributed by atoms with van der Waals surface area (Å²) in [5.41, 5.74) is 0. The number of hydrogen-bond acceptors (Lipinski definition) is 2. The maximum Gasteiger partial charge on any atom is 0.290 e. The van der Waals surface area contributed by atoms with Crippen molar-refractivity contribution in [3.8, 4) is 0 Å². The van der Waals surface area contributed by atoms with Crippen LogP contribution < -0.4 is 0 Å². The van der Waals surface area contributed by atoms with Gasteiger partial charge in [-0.3, -0.25) is 9.59 Å². The summed E-state index contributed by atoms with van der Waals surface area (Å²) in [4.78, 5) is 16.7. The van der Waals surface area contributed by atoms with Gasteiger partial charge in [-0.05, 0) is 0 Å². The van der Waals surface area contributed by atoms with Crippen molar-refractivity contribution >= 4 is 12.9 Å². The number of carbonyl (C=O) groups is 2. The van der Waals surface area contributed by atoms with Crippen LogP contribution in [0.4, 0.5) is 0 Å². The molecule has 0 rings (SSSR count). The Balaban J connectivity index is -0.0000000400. The standard InChI is InChI=1S/2CH2O2.CH4/c2*2-1-3;/h2*1H,(H,2,3);1H4. The Morgan fingerprint density at radius 2 is 1.00 bits per heavy atom. The second-order valence-electron chi connectivity index (χ2n) is 0.211. The van der Waals surface area contributed by atoms with Gasteiger partial charge in [-0.15, -0.1) is 0 Å². The molecule has 0 amide bonds. The van der Waals surface area contributed by atoms with E-state index in [0.717, 1.165) is 0 Å². The van der Waals surface area contributed by atoms with Crippen LogP contribution in [0.2, 0.25) is 0 Å². The third-order valence-corrected chi connectivity index (χ3v) is 0. The fourth-order valence-corrected chi connectivity index (χ4v) is 0. The molecule has 0 aromatic rings. The third kappa shape index (κ3) is 38.0. The zero-order valence-electron chi connectivity index (χ0n) is 2.87. The van der Waals surface area contributed by atoms with Crippen LogP contribution in [-0.4, -0.2) is 23.2 Å². The van der Waals surface area contributed by atoms with E-state index in [1.807, 2.05) is 0 Å².